The second-order valence-corrected chi connectivity index (χ2v) is 7.20. The maximum Gasteiger partial charge on any atom is 0.326 e. The molecule has 0 aliphatic heterocycles. The molecule has 0 saturated heterocycles. The third-order valence-corrected chi connectivity index (χ3v) is 5.09. The molecule has 0 radical (unpaired) electrons. The molecule has 158 valence electrons. The topological polar surface area (TPSA) is 93.7 Å². The van der Waals surface area contributed by atoms with Crippen molar-refractivity contribution in [2.75, 3.05) is 13.7 Å². The number of ether oxygens (including phenoxy) is 2. The fourth-order valence-electron chi connectivity index (χ4n) is 3.50. The molecule has 2 aromatic rings. The van der Waals surface area contributed by atoms with Gasteiger partial charge in [-0.3, -0.25) is 14.4 Å². The zero-order valence-corrected chi connectivity index (χ0v) is 17.1. The first kappa shape index (κ1) is 21.4. The highest BCUT2D eigenvalue weighted by Crippen LogP contribution is 2.29. The minimum Gasteiger partial charge on any atom is -0.497 e. The lowest BCUT2D eigenvalue weighted by atomic mass is 9.87. The predicted molar refractivity (Wildman–Crippen MR) is 111 cm³/mol. The molecular weight excluding hydrogens is 384 g/mol. The van der Waals surface area contributed by atoms with Crippen molar-refractivity contribution in [1.29, 1.82) is 0 Å². The third kappa shape index (κ3) is 5.37. The molecule has 1 aliphatic carbocycles. The number of esters is 1. The molecule has 7 nitrogen and oxygen atoms in total. The Hall–Kier alpha value is -3.35. The molecule has 0 unspecified atom stereocenters. The van der Waals surface area contributed by atoms with Crippen molar-refractivity contribution >= 4 is 17.8 Å². The van der Waals surface area contributed by atoms with E-state index in [1.165, 1.54) is 19.6 Å². The molecule has 0 spiro atoms. The van der Waals surface area contributed by atoms with Gasteiger partial charge >= 0.3 is 5.97 Å². The van der Waals surface area contributed by atoms with E-state index in [-0.39, 0.29) is 18.5 Å². The summed E-state index contributed by atoms with van der Waals surface area (Å²) in [6, 6.07) is 14.5. The molecule has 3 rings (SSSR count). The van der Waals surface area contributed by atoms with Crippen LogP contribution < -0.4 is 15.4 Å². The fourth-order valence-corrected chi connectivity index (χ4v) is 3.50. The van der Waals surface area contributed by atoms with Crippen LogP contribution in [0.2, 0.25) is 0 Å². The van der Waals surface area contributed by atoms with E-state index in [0.29, 0.717) is 11.3 Å². The summed E-state index contributed by atoms with van der Waals surface area (Å²) in [7, 11) is 1.51. The summed E-state index contributed by atoms with van der Waals surface area (Å²) in [4.78, 5) is 36.7. The molecular formula is C23H26N2O5. The highest BCUT2D eigenvalue weighted by molar-refractivity contribution is 5.96. The SMILES string of the molecule is COc1cccc(C(=O)NCC(=O)O[C@@H](C)C(=O)N[C@@H]2CCCc3ccccc32)c1. The first-order valence-electron chi connectivity index (χ1n) is 9.98. The molecule has 2 atom stereocenters. The number of aryl methyl sites for hydroxylation is 1. The summed E-state index contributed by atoms with van der Waals surface area (Å²) in [5.41, 5.74) is 2.71. The Morgan fingerprint density at radius 2 is 1.93 bits per heavy atom. The smallest absolute Gasteiger partial charge is 0.326 e. The van der Waals surface area contributed by atoms with Crippen LogP contribution in [-0.2, 0) is 20.7 Å². The number of amides is 2. The van der Waals surface area contributed by atoms with Gasteiger partial charge in [-0.05, 0) is 55.5 Å². The molecule has 0 fully saturated rings. The molecule has 0 heterocycles. The van der Waals surface area contributed by atoms with Crippen LogP contribution in [0.3, 0.4) is 0 Å². The molecule has 2 amide bonds. The van der Waals surface area contributed by atoms with Crippen LogP contribution >= 0.6 is 0 Å². The molecule has 1 aliphatic rings. The Balaban J connectivity index is 1.48. The highest BCUT2D eigenvalue weighted by Gasteiger charge is 2.25. The van der Waals surface area contributed by atoms with Crippen LogP contribution in [0.1, 0.15) is 47.3 Å². The quantitative estimate of drug-likeness (QED) is 0.685. The Bertz CT molecular complexity index is 927. The minimum absolute atomic E-state index is 0.0867. The maximum atomic E-state index is 12.5. The van der Waals surface area contributed by atoms with Gasteiger partial charge in [0.25, 0.3) is 11.8 Å². The maximum absolute atomic E-state index is 12.5. The number of fused-ring (bicyclic) bond motifs is 1. The van der Waals surface area contributed by atoms with Crippen molar-refractivity contribution in [2.45, 2.75) is 38.3 Å². The number of carbonyl (C=O) groups is 3. The van der Waals surface area contributed by atoms with Gasteiger partial charge in [-0.25, -0.2) is 0 Å². The van der Waals surface area contributed by atoms with E-state index >= 15 is 0 Å². The average molecular weight is 410 g/mol. The first-order chi connectivity index (χ1) is 14.5. The highest BCUT2D eigenvalue weighted by atomic mass is 16.5. The van der Waals surface area contributed by atoms with Crippen molar-refractivity contribution in [2.24, 2.45) is 0 Å². The van der Waals surface area contributed by atoms with Gasteiger partial charge in [0.15, 0.2) is 6.10 Å². The molecule has 0 saturated carbocycles. The minimum atomic E-state index is -0.958. The lowest BCUT2D eigenvalue weighted by Gasteiger charge is -2.27. The monoisotopic (exact) mass is 410 g/mol. The summed E-state index contributed by atoms with van der Waals surface area (Å²) in [6.07, 6.45) is 1.88. The Morgan fingerprint density at radius 1 is 1.13 bits per heavy atom. The summed E-state index contributed by atoms with van der Waals surface area (Å²) < 4.78 is 10.3. The average Bonchev–Trinajstić information content (AvgIpc) is 2.77. The second kappa shape index (κ2) is 9.91. The number of hydrogen-bond donors (Lipinski definition) is 2. The van der Waals surface area contributed by atoms with Gasteiger partial charge in [0.05, 0.1) is 13.2 Å². The van der Waals surface area contributed by atoms with E-state index in [0.717, 1.165) is 24.8 Å². The Kier molecular flexibility index (Phi) is 7.06. The lowest BCUT2D eigenvalue weighted by Crippen LogP contribution is -2.41. The first-order valence-corrected chi connectivity index (χ1v) is 9.98. The van der Waals surface area contributed by atoms with Crippen LogP contribution in [0, 0.1) is 0 Å². The number of hydrogen-bond acceptors (Lipinski definition) is 5. The number of rotatable bonds is 7. The predicted octanol–water partition coefficient (Wildman–Crippen LogP) is 2.55. The molecule has 0 aromatic heterocycles. The van der Waals surface area contributed by atoms with Gasteiger partial charge in [0.1, 0.15) is 12.3 Å². The van der Waals surface area contributed by atoms with E-state index in [1.807, 2.05) is 18.2 Å². The number of benzene rings is 2. The fraction of sp³-hybridized carbons (Fsp3) is 0.348. The Labute approximate surface area is 175 Å². The van der Waals surface area contributed by atoms with Crippen molar-refractivity contribution in [3.63, 3.8) is 0 Å². The van der Waals surface area contributed by atoms with Gasteiger partial charge in [0, 0.05) is 5.56 Å². The normalized spacial score (nSPS) is 16.0. The Morgan fingerprint density at radius 3 is 2.73 bits per heavy atom. The largest absolute Gasteiger partial charge is 0.497 e. The molecule has 2 N–H and O–H groups in total. The van der Waals surface area contributed by atoms with Crippen LogP contribution in [0.5, 0.6) is 5.75 Å². The zero-order chi connectivity index (χ0) is 21.5. The van der Waals surface area contributed by atoms with Crippen molar-refractivity contribution in [1.82, 2.24) is 10.6 Å². The number of methoxy groups -OCH3 is 1. The molecule has 30 heavy (non-hydrogen) atoms. The summed E-state index contributed by atoms with van der Waals surface area (Å²) in [5, 5.41) is 5.45. The molecule has 7 heteroatoms. The van der Waals surface area contributed by atoms with Gasteiger partial charge in [-0.1, -0.05) is 30.3 Å². The lowest BCUT2D eigenvalue weighted by molar-refractivity contribution is -0.154. The van der Waals surface area contributed by atoms with Gasteiger partial charge < -0.3 is 20.1 Å². The number of nitrogens with one attached hydrogen (secondary N) is 2. The second-order valence-electron chi connectivity index (χ2n) is 7.20. The van der Waals surface area contributed by atoms with Gasteiger partial charge in [0.2, 0.25) is 0 Å². The standard InChI is InChI=1S/C23H26N2O5/c1-15(22(27)25-20-12-6-8-16-7-3-4-11-19(16)20)30-21(26)14-24-23(28)17-9-5-10-18(13-17)29-2/h3-5,7,9-11,13,15,20H,6,8,12,14H2,1-2H3,(H,24,28)(H,25,27)/t15-,20+/m0/s1. The van der Waals surface area contributed by atoms with Gasteiger partial charge in [-0.15, -0.1) is 0 Å². The number of carbonyl (C=O) groups excluding carboxylic acids is 3. The summed E-state index contributed by atoms with van der Waals surface area (Å²) in [5.74, 6) is -0.927. The van der Waals surface area contributed by atoms with Gasteiger partial charge in [-0.2, -0.15) is 0 Å². The molecule has 2 aromatic carbocycles. The van der Waals surface area contributed by atoms with E-state index in [9.17, 15) is 14.4 Å². The summed E-state index contributed by atoms with van der Waals surface area (Å²) in [6.45, 7) is 1.19. The van der Waals surface area contributed by atoms with Crippen LogP contribution in [0.4, 0.5) is 0 Å². The molecule has 0 bridgehead atoms. The third-order valence-electron chi connectivity index (χ3n) is 5.09. The van der Waals surface area contributed by atoms with Crippen molar-refractivity contribution in [3.05, 3.63) is 65.2 Å². The van der Waals surface area contributed by atoms with Crippen LogP contribution in [0.15, 0.2) is 48.5 Å². The van der Waals surface area contributed by atoms with E-state index in [2.05, 4.69) is 16.7 Å². The van der Waals surface area contributed by atoms with Crippen LogP contribution in [-0.4, -0.2) is 37.5 Å². The van der Waals surface area contributed by atoms with E-state index in [1.54, 1.807) is 24.3 Å². The zero-order valence-electron chi connectivity index (χ0n) is 17.1. The van der Waals surface area contributed by atoms with Crippen molar-refractivity contribution < 1.29 is 23.9 Å². The van der Waals surface area contributed by atoms with E-state index in [4.69, 9.17) is 9.47 Å². The van der Waals surface area contributed by atoms with Crippen molar-refractivity contribution in [3.8, 4) is 5.75 Å². The van der Waals surface area contributed by atoms with Crippen LogP contribution in [0.25, 0.3) is 0 Å². The van der Waals surface area contributed by atoms with E-state index < -0.39 is 18.0 Å². The summed E-state index contributed by atoms with van der Waals surface area (Å²) >= 11 is 0.